The zero-order valence-electron chi connectivity index (χ0n) is 12.1. The SMILES string of the molecule is C/C(=N\NC(=O)c1ccc(-n2cccc2)cc1)c1ccco1. The van der Waals surface area contributed by atoms with Crippen molar-refractivity contribution in [3.05, 3.63) is 78.5 Å². The summed E-state index contributed by atoms with van der Waals surface area (Å²) in [5.41, 5.74) is 4.68. The first-order valence-corrected chi connectivity index (χ1v) is 6.86. The molecule has 0 unspecified atom stereocenters. The molecule has 0 spiro atoms. The van der Waals surface area contributed by atoms with E-state index in [9.17, 15) is 4.79 Å². The van der Waals surface area contributed by atoms with Crippen LogP contribution in [-0.2, 0) is 0 Å². The van der Waals surface area contributed by atoms with Gasteiger partial charge < -0.3 is 8.98 Å². The Morgan fingerprint density at radius 3 is 2.45 bits per heavy atom. The van der Waals surface area contributed by atoms with E-state index in [1.807, 2.05) is 41.2 Å². The number of amides is 1. The number of hydrazone groups is 1. The van der Waals surface area contributed by atoms with Crippen molar-refractivity contribution < 1.29 is 9.21 Å². The van der Waals surface area contributed by atoms with Gasteiger partial charge in [0.25, 0.3) is 5.91 Å². The van der Waals surface area contributed by atoms with E-state index in [1.165, 1.54) is 0 Å². The van der Waals surface area contributed by atoms with E-state index in [2.05, 4.69) is 10.5 Å². The van der Waals surface area contributed by atoms with Crippen LogP contribution in [0.4, 0.5) is 0 Å². The highest BCUT2D eigenvalue weighted by Crippen LogP contribution is 2.10. The third-order valence-corrected chi connectivity index (χ3v) is 3.24. The Morgan fingerprint density at radius 1 is 1.09 bits per heavy atom. The number of carbonyl (C=O) groups excluding carboxylic acids is 1. The number of furan rings is 1. The van der Waals surface area contributed by atoms with Crippen LogP contribution in [0.25, 0.3) is 5.69 Å². The summed E-state index contributed by atoms with van der Waals surface area (Å²) in [7, 11) is 0. The van der Waals surface area contributed by atoms with Crippen LogP contribution in [0.3, 0.4) is 0 Å². The summed E-state index contributed by atoms with van der Waals surface area (Å²) in [4.78, 5) is 12.1. The van der Waals surface area contributed by atoms with E-state index < -0.39 is 0 Å². The van der Waals surface area contributed by atoms with Crippen molar-refractivity contribution in [2.24, 2.45) is 5.10 Å². The second-order valence-electron chi connectivity index (χ2n) is 4.75. The van der Waals surface area contributed by atoms with Gasteiger partial charge in [0.15, 0.2) is 0 Å². The van der Waals surface area contributed by atoms with Gasteiger partial charge in [-0.1, -0.05) is 0 Å². The minimum atomic E-state index is -0.259. The molecule has 2 heterocycles. The summed E-state index contributed by atoms with van der Waals surface area (Å²) < 4.78 is 7.18. The first kappa shape index (κ1) is 13.9. The van der Waals surface area contributed by atoms with E-state index in [4.69, 9.17) is 4.42 Å². The summed E-state index contributed by atoms with van der Waals surface area (Å²) >= 11 is 0. The predicted octanol–water partition coefficient (Wildman–Crippen LogP) is 3.22. The molecule has 0 aliphatic carbocycles. The van der Waals surface area contributed by atoms with Crippen LogP contribution in [0.5, 0.6) is 0 Å². The fraction of sp³-hybridized carbons (Fsp3) is 0.0588. The van der Waals surface area contributed by atoms with Crippen LogP contribution < -0.4 is 5.43 Å². The Balaban J connectivity index is 1.69. The largest absolute Gasteiger partial charge is 0.463 e. The predicted molar refractivity (Wildman–Crippen MR) is 84.2 cm³/mol. The third kappa shape index (κ3) is 2.98. The molecule has 5 heteroatoms. The maximum absolute atomic E-state index is 12.1. The van der Waals surface area contributed by atoms with Crippen LogP contribution in [0, 0.1) is 0 Å². The third-order valence-electron chi connectivity index (χ3n) is 3.24. The molecule has 5 nitrogen and oxygen atoms in total. The van der Waals surface area contributed by atoms with E-state index in [0.29, 0.717) is 17.0 Å². The monoisotopic (exact) mass is 293 g/mol. The number of nitrogens with zero attached hydrogens (tertiary/aromatic N) is 2. The highest BCUT2D eigenvalue weighted by atomic mass is 16.3. The Bertz CT molecular complexity index is 770. The molecule has 1 N–H and O–H groups in total. The summed E-state index contributed by atoms with van der Waals surface area (Å²) in [6, 6.07) is 14.8. The lowest BCUT2D eigenvalue weighted by Gasteiger charge is -2.05. The molecule has 0 saturated carbocycles. The molecule has 0 aliphatic heterocycles. The molecular weight excluding hydrogens is 278 g/mol. The van der Waals surface area contributed by atoms with Crippen LogP contribution in [0.1, 0.15) is 23.0 Å². The normalized spacial score (nSPS) is 11.4. The Morgan fingerprint density at radius 2 is 1.82 bits per heavy atom. The number of hydrogen-bond acceptors (Lipinski definition) is 3. The van der Waals surface area contributed by atoms with Crippen LogP contribution in [0.2, 0.25) is 0 Å². The minimum Gasteiger partial charge on any atom is -0.463 e. The second-order valence-corrected chi connectivity index (χ2v) is 4.75. The summed E-state index contributed by atoms with van der Waals surface area (Å²) in [6.45, 7) is 1.77. The molecule has 1 aromatic carbocycles. The molecule has 3 aromatic rings. The van der Waals surface area contributed by atoms with Gasteiger partial charge in [-0.15, -0.1) is 0 Å². The summed E-state index contributed by atoms with van der Waals surface area (Å²) in [6.07, 6.45) is 5.47. The molecule has 3 rings (SSSR count). The molecule has 1 amide bonds. The molecule has 110 valence electrons. The maximum Gasteiger partial charge on any atom is 0.271 e. The van der Waals surface area contributed by atoms with E-state index >= 15 is 0 Å². The van der Waals surface area contributed by atoms with Gasteiger partial charge in [-0.25, -0.2) is 5.43 Å². The van der Waals surface area contributed by atoms with Crippen molar-refractivity contribution in [2.75, 3.05) is 0 Å². The molecule has 0 atom stereocenters. The van der Waals surface area contributed by atoms with Gasteiger partial charge in [0.1, 0.15) is 11.5 Å². The Kier molecular flexibility index (Phi) is 3.87. The highest BCUT2D eigenvalue weighted by molar-refractivity contribution is 5.99. The molecule has 22 heavy (non-hydrogen) atoms. The van der Waals surface area contributed by atoms with E-state index in [0.717, 1.165) is 5.69 Å². The van der Waals surface area contributed by atoms with Crippen molar-refractivity contribution in [3.8, 4) is 5.69 Å². The number of rotatable bonds is 4. The number of hydrogen-bond donors (Lipinski definition) is 1. The smallest absolute Gasteiger partial charge is 0.271 e. The van der Waals surface area contributed by atoms with Crippen LogP contribution in [-0.4, -0.2) is 16.2 Å². The van der Waals surface area contributed by atoms with Gasteiger partial charge >= 0.3 is 0 Å². The van der Waals surface area contributed by atoms with Gasteiger partial charge in [-0.2, -0.15) is 5.10 Å². The quantitative estimate of drug-likeness (QED) is 0.593. The average molecular weight is 293 g/mol. The number of aromatic nitrogens is 1. The number of nitrogens with one attached hydrogen (secondary N) is 1. The Hall–Kier alpha value is -3.08. The number of carbonyl (C=O) groups is 1. The second kappa shape index (κ2) is 6.13. The topological polar surface area (TPSA) is 59.5 Å². The average Bonchev–Trinajstić information content (AvgIpc) is 3.25. The van der Waals surface area contributed by atoms with Crippen LogP contribution >= 0.6 is 0 Å². The molecule has 0 saturated heterocycles. The molecule has 2 aromatic heterocycles. The molecule has 0 radical (unpaired) electrons. The van der Waals surface area contributed by atoms with E-state index in [-0.39, 0.29) is 5.91 Å². The summed E-state index contributed by atoms with van der Waals surface area (Å²) in [5.74, 6) is 0.369. The molecular formula is C17H15N3O2. The fourth-order valence-electron chi connectivity index (χ4n) is 2.03. The standard InChI is InChI=1S/C17H15N3O2/c1-13(16-5-4-12-22-16)18-19-17(21)14-6-8-15(9-7-14)20-10-2-3-11-20/h2-12H,1H3,(H,19,21)/b18-13+. The Labute approximate surface area is 127 Å². The lowest BCUT2D eigenvalue weighted by molar-refractivity contribution is 0.0955. The molecule has 0 aliphatic rings. The minimum absolute atomic E-state index is 0.259. The maximum atomic E-state index is 12.1. The van der Waals surface area contributed by atoms with Crippen molar-refractivity contribution in [1.29, 1.82) is 0 Å². The first-order chi connectivity index (χ1) is 10.7. The van der Waals surface area contributed by atoms with Gasteiger partial charge in [-0.3, -0.25) is 4.79 Å². The molecule has 0 bridgehead atoms. The van der Waals surface area contributed by atoms with Crippen molar-refractivity contribution >= 4 is 11.6 Å². The van der Waals surface area contributed by atoms with Gasteiger partial charge in [0, 0.05) is 23.6 Å². The lowest BCUT2D eigenvalue weighted by Crippen LogP contribution is -2.19. The van der Waals surface area contributed by atoms with Crippen molar-refractivity contribution in [3.63, 3.8) is 0 Å². The first-order valence-electron chi connectivity index (χ1n) is 6.86. The fourth-order valence-corrected chi connectivity index (χ4v) is 2.03. The van der Waals surface area contributed by atoms with E-state index in [1.54, 1.807) is 37.5 Å². The zero-order chi connectivity index (χ0) is 15.4. The van der Waals surface area contributed by atoms with Crippen molar-refractivity contribution in [2.45, 2.75) is 6.92 Å². The van der Waals surface area contributed by atoms with Gasteiger partial charge in [0.2, 0.25) is 0 Å². The highest BCUT2D eigenvalue weighted by Gasteiger charge is 2.06. The summed E-state index contributed by atoms with van der Waals surface area (Å²) in [5, 5.41) is 4.03. The molecule has 0 fully saturated rings. The number of benzene rings is 1. The van der Waals surface area contributed by atoms with Gasteiger partial charge in [-0.05, 0) is 55.5 Å². The van der Waals surface area contributed by atoms with Crippen LogP contribution in [0.15, 0.2) is 76.7 Å². The van der Waals surface area contributed by atoms with Gasteiger partial charge in [0.05, 0.1) is 6.26 Å². The lowest BCUT2D eigenvalue weighted by atomic mass is 10.2. The van der Waals surface area contributed by atoms with Crippen molar-refractivity contribution in [1.82, 2.24) is 9.99 Å². The zero-order valence-corrected chi connectivity index (χ0v) is 12.1.